The molecule has 1 unspecified atom stereocenters. The molecule has 0 aromatic carbocycles. The molecule has 1 amide bonds. The van der Waals surface area contributed by atoms with Gasteiger partial charge in [0.05, 0.1) is 23.2 Å². The molecule has 0 aliphatic rings. The highest BCUT2D eigenvalue weighted by atomic mass is 32.1. The number of aromatic nitrogens is 4. The number of nitrogens with one attached hydrogen (secondary N) is 1. The first-order valence-corrected chi connectivity index (χ1v) is 8.76. The molecule has 3 rings (SSSR count). The molecule has 0 bridgehead atoms. The molecule has 24 heavy (non-hydrogen) atoms. The number of hydrogen-bond donors (Lipinski definition) is 1. The SMILES string of the molecule is Cc1cc(C(=O)NC(C)c2ncc(C)s2)c2cnn(C(C)C)c2n1. The molecule has 0 fully saturated rings. The van der Waals surface area contributed by atoms with Gasteiger partial charge in [0, 0.05) is 22.8 Å². The maximum atomic E-state index is 12.8. The summed E-state index contributed by atoms with van der Waals surface area (Å²) in [6, 6.07) is 1.86. The molecule has 7 heteroatoms. The maximum absolute atomic E-state index is 12.8. The lowest BCUT2D eigenvalue weighted by molar-refractivity contribution is 0.0941. The largest absolute Gasteiger partial charge is 0.343 e. The van der Waals surface area contributed by atoms with E-state index in [0.717, 1.165) is 26.6 Å². The Bertz CT molecular complexity index is 896. The van der Waals surface area contributed by atoms with Gasteiger partial charge in [0.25, 0.3) is 5.91 Å². The molecule has 0 saturated heterocycles. The standard InChI is InChI=1S/C17H21N5OS/c1-9(2)22-15-14(8-19-22)13(6-10(3)20-15)16(23)21-12(5)17-18-7-11(4)24-17/h6-9,12H,1-5H3,(H,21,23). The predicted molar refractivity (Wildman–Crippen MR) is 95.4 cm³/mol. The lowest BCUT2D eigenvalue weighted by Crippen LogP contribution is -2.27. The number of carbonyl (C=O) groups is 1. The molecule has 3 heterocycles. The van der Waals surface area contributed by atoms with Gasteiger partial charge in [-0.1, -0.05) is 0 Å². The van der Waals surface area contributed by atoms with Gasteiger partial charge in [0.15, 0.2) is 5.65 Å². The lowest BCUT2D eigenvalue weighted by atomic mass is 10.1. The highest BCUT2D eigenvalue weighted by molar-refractivity contribution is 7.11. The van der Waals surface area contributed by atoms with Crippen LogP contribution in [0.3, 0.4) is 0 Å². The van der Waals surface area contributed by atoms with Crippen molar-refractivity contribution < 1.29 is 4.79 Å². The summed E-state index contributed by atoms with van der Waals surface area (Å²) in [6.45, 7) is 9.93. The molecule has 0 aliphatic carbocycles. The van der Waals surface area contributed by atoms with Gasteiger partial charge in [-0.15, -0.1) is 11.3 Å². The number of aryl methyl sites for hydroxylation is 2. The van der Waals surface area contributed by atoms with Crippen LogP contribution < -0.4 is 5.32 Å². The summed E-state index contributed by atoms with van der Waals surface area (Å²) in [5, 5.41) is 9.09. The fourth-order valence-corrected chi connectivity index (χ4v) is 3.39. The molecule has 3 aromatic heterocycles. The summed E-state index contributed by atoms with van der Waals surface area (Å²) in [5.74, 6) is -0.130. The first kappa shape index (κ1) is 16.6. The van der Waals surface area contributed by atoms with Crippen molar-refractivity contribution >= 4 is 28.3 Å². The van der Waals surface area contributed by atoms with Gasteiger partial charge in [-0.3, -0.25) is 4.79 Å². The number of nitrogens with zero attached hydrogens (tertiary/aromatic N) is 4. The van der Waals surface area contributed by atoms with Gasteiger partial charge in [0.2, 0.25) is 0 Å². The molecule has 1 atom stereocenters. The summed E-state index contributed by atoms with van der Waals surface area (Å²) < 4.78 is 1.84. The average Bonchev–Trinajstić information content (AvgIpc) is 3.12. The fourth-order valence-electron chi connectivity index (χ4n) is 2.62. The molecular formula is C17H21N5OS. The third kappa shape index (κ3) is 3.03. The Kier molecular flexibility index (Phi) is 4.36. The van der Waals surface area contributed by atoms with Gasteiger partial charge in [-0.2, -0.15) is 5.10 Å². The van der Waals surface area contributed by atoms with Crippen molar-refractivity contribution in [1.29, 1.82) is 0 Å². The van der Waals surface area contributed by atoms with Crippen LogP contribution in [0.15, 0.2) is 18.5 Å². The summed E-state index contributed by atoms with van der Waals surface area (Å²) in [7, 11) is 0. The van der Waals surface area contributed by atoms with E-state index in [4.69, 9.17) is 0 Å². The normalized spacial score (nSPS) is 12.8. The molecule has 0 saturated carbocycles. The number of pyridine rings is 1. The van der Waals surface area contributed by atoms with Crippen molar-refractivity contribution in [3.8, 4) is 0 Å². The van der Waals surface area contributed by atoms with Crippen LogP contribution in [0, 0.1) is 13.8 Å². The van der Waals surface area contributed by atoms with Crippen molar-refractivity contribution in [3.63, 3.8) is 0 Å². The van der Waals surface area contributed by atoms with Crippen LogP contribution in [0.2, 0.25) is 0 Å². The van der Waals surface area contributed by atoms with E-state index in [1.165, 1.54) is 0 Å². The minimum Gasteiger partial charge on any atom is -0.343 e. The lowest BCUT2D eigenvalue weighted by Gasteiger charge is -2.13. The average molecular weight is 343 g/mol. The zero-order chi connectivity index (χ0) is 17.4. The van der Waals surface area contributed by atoms with Gasteiger partial charge in [0.1, 0.15) is 5.01 Å². The second kappa shape index (κ2) is 6.32. The second-order valence-corrected chi connectivity index (χ2v) is 7.50. The Morgan fingerprint density at radius 1 is 1.25 bits per heavy atom. The van der Waals surface area contributed by atoms with Crippen LogP contribution in [-0.4, -0.2) is 25.7 Å². The van der Waals surface area contributed by atoms with E-state index in [9.17, 15) is 4.79 Å². The highest BCUT2D eigenvalue weighted by Gasteiger charge is 2.19. The predicted octanol–water partition coefficient (Wildman–Crippen LogP) is 3.58. The molecular weight excluding hydrogens is 322 g/mol. The molecule has 1 N–H and O–H groups in total. The molecule has 6 nitrogen and oxygen atoms in total. The summed E-state index contributed by atoms with van der Waals surface area (Å²) >= 11 is 1.59. The van der Waals surface area contributed by atoms with Crippen LogP contribution in [0.4, 0.5) is 0 Å². The third-order valence-electron chi connectivity index (χ3n) is 3.79. The highest BCUT2D eigenvalue weighted by Crippen LogP contribution is 2.23. The van der Waals surface area contributed by atoms with Gasteiger partial charge >= 0.3 is 0 Å². The van der Waals surface area contributed by atoms with Crippen molar-refractivity contribution in [2.24, 2.45) is 0 Å². The zero-order valence-corrected chi connectivity index (χ0v) is 15.3. The third-order valence-corrected chi connectivity index (χ3v) is 4.88. The number of amides is 1. The number of rotatable bonds is 4. The molecule has 126 valence electrons. The van der Waals surface area contributed by atoms with Crippen LogP contribution >= 0.6 is 11.3 Å². The fraction of sp³-hybridized carbons (Fsp3) is 0.412. The topological polar surface area (TPSA) is 72.7 Å². The van der Waals surface area contributed by atoms with E-state index in [1.54, 1.807) is 17.5 Å². The summed E-state index contributed by atoms with van der Waals surface area (Å²) in [4.78, 5) is 22.8. The second-order valence-electron chi connectivity index (χ2n) is 6.24. The van der Waals surface area contributed by atoms with Crippen molar-refractivity contribution in [2.45, 2.75) is 46.7 Å². The molecule has 3 aromatic rings. The Hall–Kier alpha value is -2.28. The smallest absolute Gasteiger partial charge is 0.252 e. The van der Waals surface area contributed by atoms with Crippen molar-refractivity contribution in [1.82, 2.24) is 25.1 Å². The van der Waals surface area contributed by atoms with Crippen molar-refractivity contribution in [3.05, 3.63) is 39.6 Å². The number of fused-ring (bicyclic) bond motifs is 1. The first-order chi connectivity index (χ1) is 11.4. The minimum absolute atomic E-state index is 0.130. The number of hydrogen-bond acceptors (Lipinski definition) is 5. The Labute approximate surface area is 144 Å². The monoisotopic (exact) mass is 343 g/mol. The maximum Gasteiger partial charge on any atom is 0.252 e. The van der Waals surface area contributed by atoms with Crippen LogP contribution in [0.1, 0.15) is 58.8 Å². The van der Waals surface area contributed by atoms with Crippen LogP contribution in [-0.2, 0) is 0 Å². The Balaban J connectivity index is 1.95. The van der Waals surface area contributed by atoms with E-state index in [-0.39, 0.29) is 18.0 Å². The van der Waals surface area contributed by atoms with E-state index in [2.05, 4.69) is 20.4 Å². The zero-order valence-electron chi connectivity index (χ0n) is 14.5. The minimum atomic E-state index is -0.139. The van der Waals surface area contributed by atoms with E-state index in [1.807, 2.05) is 51.6 Å². The Morgan fingerprint density at radius 3 is 2.62 bits per heavy atom. The molecule has 0 aliphatic heterocycles. The van der Waals surface area contributed by atoms with E-state index in [0.29, 0.717) is 5.56 Å². The van der Waals surface area contributed by atoms with Gasteiger partial charge < -0.3 is 5.32 Å². The van der Waals surface area contributed by atoms with Gasteiger partial charge in [-0.25, -0.2) is 14.6 Å². The van der Waals surface area contributed by atoms with Crippen LogP contribution in [0.5, 0.6) is 0 Å². The number of thiazole rings is 1. The quantitative estimate of drug-likeness (QED) is 0.786. The Morgan fingerprint density at radius 2 is 2.00 bits per heavy atom. The summed E-state index contributed by atoms with van der Waals surface area (Å²) in [6.07, 6.45) is 3.54. The van der Waals surface area contributed by atoms with E-state index < -0.39 is 0 Å². The van der Waals surface area contributed by atoms with Crippen molar-refractivity contribution in [2.75, 3.05) is 0 Å². The first-order valence-electron chi connectivity index (χ1n) is 7.95. The van der Waals surface area contributed by atoms with E-state index >= 15 is 0 Å². The summed E-state index contributed by atoms with van der Waals surface area (Å²) in [5.41, 5.74) is 2.14. The number of carbonyl (C=O) groups excluding carboxylic acids is 1. The molecule has 0 radical (unpaired) electrons. The van der Waals surface area contributed by atoms with Crippen LogP contribution in [0.25, 0.3) is 11.0 Å². The van der Waals surface area contributed by atoms with Gasteiger partial charge in [-0.05, 0) is 40.7 Å². The molecule has 0 spiro atoms.